The molecule has 1 saturated heterocycles. The van der Waals surface area contributed by atoms with Gasteiger partial charge >= 0.3 is 0 Å². The first-order chi connectivity index (χ1) is 13.3. The molecule has 0 saturated carbocycles. The number of H-pyrrole nitrogens is 2. The van der Waals surface area contributed by atoms with E-state index in [9.17, 15) is 4.79 Å². The van der Waals surface area contributed by atoms with Gasteiger partial charge in [0.1, 0.15) is 13.1 Å². The van der Waals surface area contributed by atoms with E-state index in [0.717, 1.165) is 43.4 Å². The number of amides is 1. The molecule has 1 amide bonds. The summed E-state index contributed by atoms with van der Waals surface area (Å²) in [6.45, 7) is 3.11. The van der Waals surface area contributed by atoms with Crippen LogP contribution >= 0.6 is 11.8 Å². The zero-order valence-corrected chi connectivity index (χ0v) is 15.7. The maximum Gasteiger partial charge on any atom is 0.274 e. The second-order valence-corrected chi connectivity index (χ2v) is 7.18. The van der Waals surface area contributed by atoms with Gasteiger partial charge in [-0.05, 0) is 6.07 Å². The van der Waals surface area contributed by atoms with Crippen LogP contribution in [0.15, 0.2) is 59.9 Å². The van der Waals surface area contributed by atoms with Crippen LogP contribution < -0.4 is 9.88 Å². The molecule has 1 fully saturated rings. The van der Waals surface area contributed by atoms with Crippen molar-refractivity contribution in [2.45, 2.75) is 5.16 Å². The van der Waals surface area contributed by atoms with Crippen molar-refractivity contribution in [3.05, 3.63) is 54.7 Å². The summed E-state index contributed by atoms with van der Waals surface area (Å²) in [5.41, 5.74) is 0.983. The smallest absolute Gasteiger partial charge is 0.274 e. The van der Waals surface area contributed by atoms with Gasteiger partial charge in [0.25, 0.3) is 5.82 Å². The molecule has 4 rings (SSSR count). The van der Waals surface area contributed by atoms with E-state index in [-0.39, 0.29) is 5.91 Å². The molecule has 1 aliphatic rings. The van der Waals surface area contributed by atoms with Crippen LogP contribution in [-0.2, 0) is 4.79 Å². The van der Waals surface area contributed by atoms with Gasteiger partial charge in [-0.1, -0.05) is 48.2 Å². The number of benzene rings is 1. The number of nitrogens with one attached hydrogen (secondary N) is 2. The first-order valence-corrected chi connectivity index (χ1v) is 9.88. The average Bonchev–Trinajstić information content (AvgIpc) is 3.22. The van der Waals surface area contributed by atoms with E-state index in [1.54, 1.807) is 0 Å². The number of pyridine rings is 1. The van der Waals surface area contributed by atoms with Crippen molar-refractivity contribution >= 4 is 23.5 Å². The van der Waals surface area contributed by atoms with Crippen molar-refractivity contribution in [2.24, 2.45) is 0 Å². The number of anilines is 1. The number of thioether (sulfide) groups is 1. The van der Waals surface area contributed by atoms with E-state index in [0.29, 0.717) is 10.9 Å². The number of nitrogens with zero attached hydrogens (tertiary/aromatic N) is 4. The predicted octanol–water partition coefficient (Wildman–Crippen LogP) is 1.73. The average molecular weight is 381 g/mol. The summed E-state index contributed by atoms with van der Waals surface area (Å²) in [5.74, 6) is 2.29. The van der Waals surface area contributed by atoms with Gasteiger partial charge in [-0.3, -0.25) is 14.8 Å². The minimum atomic E-state index is 0.128. The highest BCUT2D eigenvalue weighted by Crippen LogP contribution is 2.19. The molecule has 0 unspecified atom stereocenters. The molecular weight excluding hydrogens is 360 g/mol. The van der Waals surface area contributed by atoms with Gasteiger partial charge in [0.15, 0.2) is 5.82 Å². The van der Waals surface area contributed by atoms with E-state index in [1.807, 2.05) is 53.6 Å². The third kappa shape index (κ3) is 4.28. The lowest BCUT2D eigenvalue weighted by atomic mass is 10.2. The van der Waals surface area contributed by atoms with Crippen LogP contribution in [0.25, 0.3) is 11.4 Å². The minimum Gasteiger partial charge on any atom is -0.334 e. The van der Waals surface area contributed by atoms with Crippen LogP contribution in [0.3, 0.4) is 0 Å². The van der Waals surface area contributed by atoms with E-state index < -0.39 is 0 Å². The third-order valence-corrected chi connectivity index (χ3v) is 5.33. The van der Waals surface area contributed by atoms with Gasteiger partial charge in [-0.2, -0.15) is 0 Å². The number of carbonyl (C=O) groups excluding carboxylic acids is 1. The summed E-state index contributed by atoms with van der Waals surface area (Å²) in [7, 11) is 0. The fourth-order valence-electron chi connectivity index (χ4n) is 3.03. The Kier molecular flexibility index (Phi) is 5.34. The maximum absolute atomic E-state index is 12.5. The lowest BCUT2D eigenvalue weighted by Gasteiger charge is -2.30. The Bertz CT molecular complexity index is 877. The second kappa shape index (κ2) is 8.22. The Morgan fingerprint density at radius 2 is 1.85 bits per heavy atom. The summed E-state index contributed by atoms with van der Waals surface area (Å²) in [4.78, 5) is 24.4. The molecule has 27 heavy (non-hydrogen) atoms. The topological polar surface area (TPSA) is 79.3 Å². The molecular formula is C19H21N6OS+. The van der Waals surface area contributed by atoms with Crippen molar-refractivity contribution in [2.75, 3.05) is 36.8 Å². The quantitative estimate of drug-likeness (QED) is 0.681. The van der Waals surface area contributed by atoms with Crippen LogP contribution in [0.2, 0.25) is 0 Å². The first kappa shape index (κ1) is 17.5. The normalized spacial score (nSPS) is 14.4. The molecule has 3 heterocycles. The summed E-state index contributed by atoms with van der Waals surface area (Å²) in [6.07, 6.45) is 1.92. The Morgan fingerprint density at radius 1 is 1.07 bits per heavy atom. The van der Waals surface area contributed by atoms with Gasteiger partial charge in [-0.25, -0.2) is 9.97 Å². The number of hydrogen-bond donors (Lipinski definition) is 1. The summed E-state index contributed by atoms with van der Waals surface area (Å²) >= 11 is 1.37. The van der Waals surface area contributed by atoms with Crippen LogP contribution in [0.4, 0.5) is 5.82 Å². The predicted molar refractivity (Wildman–Crippen MR) is 104 cm³/mol. The molecule has 0 spiro atoms. The Labute approximate surface area is 161 Å². The SMILES string of the molecule is O=C(CSc1n[nH]c(-c2ccccc2)n1)N1CCN(c2cccc[nH+]2)CC1. The fourth-order valence-corrected chi connectivity index (χ4v) is 3.73. The molecule has 0 radical (unpaired) electrons. The fraction of sp³-hybridized carbons (Fsp3) is 0.263. The van der Waals surface area contributed by atoms with E-state index in [1.165, 1.54) is 11.8 Å². The monoisotopic (exact) mass is 381 g/mol. The summed E-state index contributed by atoms with van der Waals surface area (Å²) in [6, 6.07) is 15.9. The molecule has 1 aliphatic heterocycles. The molecule has 0 aliphatic carbocycles. The summed E-state index contributed by atoms with van der Waals surface area (Å²) < 4.78 is 0. The number of aromatic nitrogens is 4. The molecule has 2 N–H and O–H groups in total. The van der Waals surface area contributed by atoms with E-state index in [2.05, 4.69) is 31.1 Å². The zero-order valence-electron chi connectivity index (χ0n) is 14.8. The molecule has 7 nitrogen and oxygen atoms in total. The molecule has 3 aromatic rings. The molecule has 8 heteroatoms. The second-order valence-electron chi connectivity index (χ2n) is 6.24. The Hall–Kier alpha value is -2.87. The Morgan fingerprint density at radius 3 is 2.59 bits per heavy atom. The zero-order chi connectivity index (χ0) is 18.5. The van der Waals surface area contributed by atoms with Crippen LogP contribution in [0, 0.1) is 0 Å². The summed E-state index contributed by atoms with van der Waals surface area (Å²) in [5, 5.41) is 7.73. The number of aromatic amines is 2. The standard InChI is InChI=1S/C19H20N6OS/c26-17(25-12-10-24(11-13-25)16-8-4-5-9-20-16)14-27-19-21-18(22-23-19)15-6-2-1-3-7-15/h1-9H,10-14H2,(H,21,22,23)/p+1. The van der Waals surface area contributed by atoms with Crippen molar-refractivity contribution in [1.82, 2.24) is 20.1 Å². The van der Waals surface area contributed by atoms with Crippen molar-refractivity contribution < 1.29 is 9.78 Å². The van der Waals surface area contributed by atoms with Gasteiger partial charge < -0.3 is 4.90 Å². The van der Waals surface area contributed by atoms with Crippen molar-refractivity contribution in [3.63, 3.8) is 0 Å². The number of rotatable bonds is 5. The van der Waals surface area contributed by atoms with Gasteiger partial charge in [0.2, 0.25) is 11.1 Å². The first-order valence-electron chi connectivity index (χ1n) is 8.90. The van der Waals surface area contributed by atoms with Gasteiger partial charge in [0.05, 0.1) is 25.0 Å². The Balaban J connectivity index is 1.27. The maximum atomic E-state index is 12.5. The highest BCUT2D eigenvalue weighted by atomic mass is 32.2. The lowest BCUT2D eigenvalue weighted by molar-refractivity contribution is -0.364. The molecule has 2 aromatic heterocycles. The molecule has 0 atom stereocenters. The van der Waals surface area contributed by atoms with E-state index >= 15 is 0 Å². The van der Waals surface area contributed by atoms with Crippen molar-refractivity contribution in [3.8, 4) is 11.4 Å². The minimum absolute atomic E-state index is 0.128. The van der Waals surface area contributed by atoms with Crippen LogP contribution in [0.5, 0.6) is 0 Å². The molecule has 0 bridgehead atoms. The largest absolute Gasteiger partial charge is 0.334 e. The highest BCUT2D eigenvalue weighted by molar-refractivity contribution is 7.99. The van der Waals surface area contributed by atoms with Gasteiger partial charge in [0, 0.05) is 11.6 Å². The highest BCUT2D eigenvalue weighted by Gasteiger charge is 2.26. The molecule has 138 valence electrons. The van der Waals surface area contributed by atoms with Gasteiger partial charge in [-0.15, -0.1) is 5.10 Å². The third-order valence-electron chi connectivity index (χ3n) is 4.50. The molecule has 1 aromatic carbocycles. The number of hydrogen-bond acceptors (Lipinski definition) is 5. The lowest BCUT2D eigenvalue weighted by Crippen LogP contribution is -2.50. The number of piperazine rings is 1. The van der Waals surface area contributed by atoms with E-state index in [4.69, 9.17) is 0 Å². The van der Waals surface area contributed by atoms with Crippen LogP contribution in [0.1, 0.15) is 0 Å². The number of carbonyl (C=O) groups is 1. The van der Waals surface area contributed by atoms with Crippen molar-refractivity contribution in [1.29, 1.82) is 0 Å². The van der Waals surface area contributed by atoms with Crippen LogP contribution in [-0.4, -0.2) is 57.9 Å².